The molecule has 0 saturated heterocycles. The Morgan fingerprint density at radius 3 is 2.70 bits per heavy atom. The first-order chi connectivity index (χ1) is 9.56. The van der Waals surface area contributed by atoms with Gasteiger partial charge in [0.25, 0.3) is 5.91 Å². The minimum atomic E-state index is -0.461. The minimum absolute atomic E-state index is 0.0162. The zero-order valence-electron chi connectivity index (χ0n) is 12.1. The standard InChI is InChI=1S/C16H22BrNO2/c1-11-10-14(8-9-15(11)17)20-12(2)16(19)18-13-6-4-3-5-7-13/h8-10,12-13H,3-7H2,1-2H3,(H,18,19). The van der Waals surface area contributed by atoms with Gasteiger partial charge in [0.2, 0.25) is 0 Å². The minimum Gasteiger partial charge on any atom is -0.481 e. The van der Waals surface area contributed by atoms with E-state index < -0.39 is 6.10 Å². The van der Waals surface area contributed by atoms with E-state index in [0.717, 1.165) is 28.6 Å². The van der Waals surface area contributed by atoms with Crippen molar-refractivity contribution in [1.29, 1.82) is 0 Å². The number of rotatable bonds is 4. The van der Waals surface area contributed by atoms with Gasteiger partial charge in [-0.2, -0.15) is 0 Å². The molecule has 0 bridgehead atoms. The first kappa shape index (κ1) is 15.4. The molecular weight excluding hydrogens is 318 g/mol. The first-order valence-electron chi connectivity index (χ1n) is 7.29. The van der Waals surface area contributed by atoms with Gasteiger partial charge in [-0.1, -0.05) is 35.2 Å². The summed E-state index contributed by atoms with van der Waals surface area (Å²) in [4.78, 5) is 12.1. The van der Waals surface area contributed by atoms with Gasteiger partial charge in [0, 0.05) is 10.5 Å². The van der Waals surface area contributed by atoms with Crippen molar-refractivity contribution in [2.75, 3.05) is 0 Å². The van der Waals surface area contributed by atoms with E-state index in [1.54, 1.807) is 6.92 Å². The summed E-state index contributed by atoms with van der Waals surface area (Å²) in [5.74, 6) is 0.717. The van der Waals surface area contributed by atoms with Gasteiger partial charge in [0.1, 0.15) is 5.75 Å². The van der Waals surface area contributed by atoms with E-state index in [1.165, 1.54) is 19.3 Å². The number of carbonyl (C=O) groups excluding carboxylic acids is 1. The molecule has 1 aliphatic rings. The second-order valence-corrected chi connectivity index (χ2v) is 6.37. The van der Waals surface area contributed by atoms with Gasteiger partial charge in [0.05, 0.1) is 0 Å². The topological polar surface area (TPSA) is 38.3 Å². The Kier molecular flexibility index (Phi) is 5.46. The van der Waals surface area contributed by atoms with Crippen molar-refractivity contribution in [3.8, 4) is 5.75 Å². The van der Waals surface area contributed by atoms with Crippen LogP contribution in [0.15, 0.2) is 22.7 Å². The average Bonchev–Trinajstić information content (AvgIpc) is 2.44. The van der Waals surface area contributed by atoms with Gasteiger partial charge in [-0.3, -0.25) is 4.79 Å². The van der Waals surface area contributed by atoms with Crippen LogP contribution in [-0.4, -0.2) is 18.1 Å². The van der Waals surface area contributed by atoms with E-state index in [-0.39, 0.29) is 5.91 Å². The molecular formula is C16H22BrNO2. The molecule has 0 aliphatic heterocycles. The fourth-order valence-electron chi connectivity index (χ4n) is 2.51. The van der Waals surface area contributed by atoms with Crippen LogP contribution in [0, 0.1) is 6.92 Å². The Balaban J connectivity index is 1.88. The predicted octanol–water partition coefficient (Wildman–Crippen LogP) is 3.97. The molecule has 3 nitrogen and oxygen atoms in total. The summed E-state index contributed by atoms with van der Waals surface area (Å²) in [6.07, 6.45) is 5.44. The Labute approximate surface area is 129 Å². The number of amides is 1. The Hall–Kier alpha value is -1.03. The van der Waals surface area contributed by atoms with Crippen molar-refractivity contribution in [3.63, 3.8) is 0 Å². The summed E-state index contributed by atoms with van der Waals surface area (Å²) in [6.45, 7) is 3.80. The summed E-state index contributed by atoms with van der Waals surface area (Å²) in [5, 5.41) is 3.09. The Morgan fingerprint density at radius 2 is 2.05 bits per heavy atom. The zero-order chi connectivity index (χ0) is 14.5. The summed E-state index contributed by atoms with van der Waals surface area (Å²) in [6, 6.07) is 6.08. The van der Waals surface area contributed by atoms with Crippen LogP contribution in [0.2, 0.25) is 0 Å². The Bertz CT molecular complexity index is 470. The number of hydrogen-bond acceptors (Lipinski definition) is 2. The average molecular weight is 340 g/mol. The smallest absolute Gasteiger partial charge is 0.260 e. The highest BCUT2D eigenvalue weighted by molar-refractivity contribution is 9.10. The van der Waals surface area contributed by atoms with E-state index in [2.05, 4.69) is 21.2 Å². The van der Waals surface area contributed by atoms with Crippen LogP contribution in [0.5, 0.6) is 5.75 Å². The molecule has 1 aromatic carbocycles. The summed E-state index contributed by atoms with van der Waals surface area (Å²) >= 11 is 3.46. The van der Waals surface area contributed by atoms with Crippen molar-refractivity contribution in [3.05, 3.63) is 28.2 Å². The summed E-state index contributed by atoms with van der Waals surface area (Å²) in [5.41, 5.74) is 1.10. The highest BCUT2D eigenvalue weighted by Crippen LogP contribution is 2.22. The van der Waals surface area contributed by atoms with Gasteiger partial charge in [0.15, 0.2) is 6.10 Å². The number of ether oxygens (including phenoxy) is 1. The summed E-state index contributed by atoms with van der Waals surface area (Å²) in [7, 11) is 0. The first-order valence-corrected chi connectivity index (χ1v) is 8.09. The maximum absolute atomic E-state index is 12.1. The monoisotopic (exact) mass is 339 g/mol. The number of hydrogen-bond donors (Lipinski definition) is 1. The lowest BCUT2D eigenvalue weighted by Gasteiger charge is -2.24. The third-order valence-electron chi connectivity index (χ3n) is 3.76. The van der Waals surface area contributed by atoms with Crippen LogP contribution in [0.4, 0.5) is 0 Å². The molecule has 0 aromatic heterocycles. The van der Waals surface area contributed by atoms with Crippen LogP contribution in [0.3, 0.4) is 0 Å². The van der Waals surface area contributed by atoms with Crippen molar-refractivity contribution in [2.24, 2.45) is 0 Å². The molecule has 4 heteroatoms. The van der Waals surface area contributed by atoms with Crippen molar-refractivity contribution in [1.82, 2.24) is 5.32 Å². The van der Waals surface area contributed by atoms with E-state index in [1.807, 2.05) is 25.1 Å². The number of carbonyl (C=O) groups is 1. The molecule has 1 aromatic rings. The molecule has 1 saturated carbocycles. The molecule has 0 radical (unpaired) electrons. The van der Waals surface area contributed by atoms with Crippen molar-refractivity contribution >= 4 is 21.8 Å². The lowest BCUT2D eigenvalue weighted by atomic mass is 9.95. The number of aryl methyl sites for hydroxylation is 1. The van der Waals surface area contributed by atoms with Crippen LogP contribution in [0.1, 0.15) is 44.6 Å². The molecule has 20 heavy (non-hydrogen) atoms. The Morgan fingerprint density at radius 1 is 1.35 bits per heavy atom. The molecule has 110 valence electrons. The van der Waals surface area contributed by atoms with E-state index >= 15 is 0 Å². The van der Waals surface area contributed by atoms with E-state index in [4.69, 9.17) is 4.74 Å². The van der Waals surface area contributed by atoms with Gasteiger partial charge >= 0.3 is 0 Å². The van der Waals surface area contributed by atoms with Crippen LogP contribution in [0.25, 0.3) is 0 Å². The number of nitrogens with one attached hydrogen (secondary N) is 1. The molecule has 1 unspecified atom stereocenters. The molecule has 0 heterocycles. The van der Waals surface area contributed by atoms with Crippen molar-refractivity contribution in [2.45, 2.75) is 58.1 Å². The molecule has 1 atom stereocenters. The zero-order valence-corrected chi connectivity index (χ0v) is 13.7. The fourth-order valence-corrected chi connectivity index (χ4v) is 2.76. The SMILES string of the molecule is Cc1cc(OC(C)C(=O)NC2CCCCC2)ccc1Br. The second kappa shape index (κ2) is 7.11. The lowest BCUT2D eigenvalue weighted by molar-refractivity contribution is -0.128. The van der Waals surface area contributed by atoms with Crippen molar-refractivity contribution < 1.29 is 9.53 Å². The van der Waals surface area contributed by atoms with Crippen LogP contribution < -0.4 is 10.1 Å². The van der Waals surface area contributed by atoms with Gasteiger partial charge in [-0.05, 0) is 50.5 Å². The molecule has 1 fully saturated rings. The van der Waals surface area contributed by atoms with Gasteiger partial charge in [-0.25, -0.2) is 0 Å². The third kappa shape index (κ3) is 4.23. The maximum atomic E-state index is 12.1. The third-order valence-corrected chi connectivity index (χ3v) is 4.65. The second-order valence-electron chi connectivity index (χ2n) is 5.51. The van der Waals surface area contributed by atoms with E-state index in [0.29, 0.717) is 6.04 Å². The van der Waals surface area contributed by atoms with E-state index in [9.17, 15) is 4.79 Å². The van der Waals surface area contributed by atoms with Crippen LogP contribution >= 0.6 is 15.9 Å². The molecule has 1 N–H and O–H groups in total. The van der Waals surface area contributed by atoms with Gasteiger partial charge in [-0.15, -0.1) is 0 Å². The number of halogens is 1. The normalized spacial score (nSPS) is 17.6. The number of benzene rings is 1. The summed E-state index contributed by atoms with van der Waals surface area (Å²) < 4.78 is 6.77. The lowest BCUT2D eigenvalue weighted by Crippen LogP contribution is -2.43. The molecule has 2 rings (SSSR count). The van der Waals surface area contributed by atoms with Gasteiger partial charge < -0.3 is 10.1 Å². The van der Waals surface area contributed by atoms with Crippen LogP contribution in [-0.2, 0) is 4.79 Å². The fraction of sp³-hybridized carbons (Fsp3) is 0.562. The highest BCUT2D eigenvalue weighted by atomic mass is 79.9. The maximum Gasteiger partial charge on any atom is 0.260 e. The quantitative estimate of drug-likeness (QED) is 0.901. The molecule has 1 amide bonds. The molecule has 0 spiro atoms. The predicted molar refractivity (Wildman–Crippen MR) is 84.0 cm³/mol. The highest BCUT2D eigenvalue weighted by Gasteiger charge is 2.20. The largest absolute Gasteiger partial charge is 0.481 e. The molecule has 1 aliphatic carbocycles.